The van der Waals surface area contributed by atoms with Crippen molar-refractivity contribution in [3.8, 4) is 5.75 Å². The van der Waals surface area contributed by atoms with Gasteiger partial charge >= 0.3 is 13.1 Å². The average molecular weight is 286 g/mol. The first-order valence-electron chi connectivity index (χ1n) is 6.37. The molecule has 0 fully saturated rings. The van der Waals surface area contributed by atoms with E-state index < -0.39 is 13.1 Å². The largest absolute Gasteiger partial charge is 0.492 e. The van der Waals surface area contributed by atoms with Crippen molar-refractivity contribution in [2.24, 2.45) is 0 Å². The summed E-state index contributed by atoms with van der Waals surface area (Å²) < 4.78 is 10.3. The minimum absolute atomic E-state index is 0.114. The zero-order valence-corrected chi connectivity index (χ0v) is 11.5. The van der Waals surface area contributed by atoms with Crippen LogP contribution in [0.1, 0.15) is 15.9 Å². The van der Waals surface area contributed by atoms with Crippen LogP contribution in [0.25, 0.3) is 0 Å². The Morgan fingerprint density at radius 3 is 2.43 bits per heavy atom. The van der Waals surface area contributed by atoms with Gasteiger partial charge in [0.25, 0.3) is 0 Å². The van der Waals surface area contributed by atoms with Crippen molar-refractivity contribution < 1.29 is 24.3 Å². The number of carbonyl (C=O) groups excluding carboxylic acids is 1. The summed E-state index contributed by atoms with van der Waals surface area (Å²) in [4.78, 5) is 11.8. The molecular formula is C15H15BO5. The maximum Gasteiger partial charge on any atom is 0.492 e. The van der Waals surface area contributed by atoms with Crippen molar-refractivity contribution in [3.63, 3.8) is 0 Å². The van der Waals surface area contributed by atoms with E-state index in [1.165, 1.54) is 25.3 Å². The van der Waals surface area contributed by atoms with Crippen LogP contribution in [-0.2, 0) is 11.3 Å². The summed E-state index contributed by atoms with van der Waals surface area (Å²) in [6, 6.07) is 13.9. The smallest absolute Gasteiger partial charge is 0.488 e. The van der Waals surface area contributed by atoms with Gasteiger partial charge in [0.1, 0.15) is 17.9 Å². The van der Waals surface area contributed by atoms with Crippen molar-refractivity contribution >= 4 is 18.6 Å². The standard InChI is InChI=1S/C15H15BO5/c1-20-15(17)12-8-5-9-13(16(18)19)14(12)21-10-11-6-3-2-4-7-11/h2-9,18-19H,10H2,1H3. The molecule has 0 aliphatic heterocycles. The molecule has 0 aromatic heterocycles. The van der Waals surface area contributed by atoms with E-state index in [1.54, 1.807) is 0 Å². The van der Waals surface area contributed by atoms with Gasteiger partial charge in [-0.15, -0.1) is 0 Å². The van der Waals surface area contributed by atoms with Gasteiger partial charge in [-0.25, -0.2) is 4.79 Å². The van der Waals surface area contributed by atoms with E-state index in [2.05, 4.69) is 4.74 Å². The Morgan fingerprint density at radius 2 is 1.81 bits per heavy atom. The van der Waals surface area contributed by atoms with E-state index >= 15 is 0 Å². The fourth-order valence-electron chi connectivity index (χ4n) is 1.92. The molecule has 0 spiro atoms. The molecule has 6 heteroatoms. The number of para-hydroxylation sites is 1. The van der Waals surface area contributed by atoms with Gasteiger partial charge in [0.2, 0.25) is 0 Å². The fourth-order valence-corrected chi connectivity index (χ4v) is 1.92. The Morgan fingerprint density at radius 1 is 1.10 bits per heavy atom. The minimum atomic E-state index is -1.74. The number of hydrogen-bond donors (Lipinski definition) is 2. The Labute approximate surface area is 122 Å². The van der Waals surface area contributed by atoms with Crippen molar-refractivity contribution in [1.29, 1.82) is 0 Å². The van der Waals surface area contributed by atoms with Crippen LogP contribution in [0, 0.1) is 0 Å². The van der Waals surface area contributed by atoms with Gasteiger partial charge in [0, 0.05) is 5.46 Å². The van der Waals surface area contributed by atoms with E-state index in [9.17, 15) is 14.8 Å². The summed E-state index contributed by atoms with van der Waals surface area (Å²) in [7, 11) is -0.480. The molecule has 0 unspecified atom stereocenters. The number of hydrogen-bond acceptors (Lipinski definition) is 5. The van der Waals surface area contributed by atoms with Crippen LogP contribution in [0.15, 0.2) is 48.5 Å². The molecule has 0 saturated carbocycles. The molecular weight excluding hydrogens is 271 g/mol. The number of ether oxygens (including phenoxy) is 2. The van der Waals surface area contributed by atoms with Gasteiger partial charge in [-0.2, -0.15) is 0 Å². The molecule has 0 bridgehead atoms. The third kappa shape index (κ3) is 3.62. The SMILES string of the molecule is COC(=O)c1cccc(B(O)O)c1OCc1ccccc1. The van der Waals surface area contributed by atoms with Crippen molar-refractivity contribution in [2.75, 3.05) is 7.11 Å². The van der Waals surface area contributed by atoms with E-state index in [0.29, 0.717) is 0 Å². The maximum absolute atomic E-state index is 11.8. The van der Waals surface area contributed by atoms with Crippen LogP contribution in [0.4, 0.5) is 0 Å². The Bertz CT molecular complexity index is 613. The van der Waals surface area contributed by atoms with Gasteiger partial charge in [0.15, 0.2) is 0 Å². The summed E-state index contributed by atoms with van der Waals surface area (Å²) in [5.74, 6) is -0.483. The Balaban J connectivity index is 2.32. The molecule has 21 heavy (non-hydrogen) atoms. The Hall–Kier alpha value is -2.31. The van der Waals surface area contributed by atoms with Crippen LogP contribution < -0.4 is 10.2 Å². The highest BCUT2D eigenvalue weighted by atomic mass is 16.5. The van der Waals surface area contributed by atoms with Crippen molar-refractivity contribution in [1.82, 2.24) is 0 Å². The van der Waals surface area contributed by atoms with E-state index in [4.69, 9.17) is 4.74 Å². The minimum Gasteiger partial charge on any atom is -0.488 e. The van der Waals surface area contributed by atoms with Crippen molar-refractivity contribution in [2.45, 2.75) is 6.61 Å². The third-order valence-electron chi connectivity index (χ3n) is 2.95. The van der Waals surface area contributed by atoms with Crippen LogP contribution in [0.3, 0.4) is 0 Å². The lowest BCUT2D eigenvalue weighted by Gasteiger charge is -2.14. The topological polar surface area (TPSA) is 76.0 Å². The van der Waals surface area contributed by atoms with Gasteiger partial charge in [-0.3, -0.25) is 0 Å². The van der Waals surface area contributed by atoms with E-state index in [0.717, 1.165) is 5.56 Å². The molecule has 0 aliphatic rings. The molecule has 2 aromatic rings. The molecule has 0 atom stereocenters. The molecule has 108 valence electrons. The summed E-state index contributed by atoms with van der Waals surface area (Å²) >= 11 is 0. The first kappa shape index (κ1) is 15.1. The molecule has 0 aliphatic carbocycles. The Kier molecular flexibility index (Phi) is 4.97. The molecule has 2 aromatic carbocycles. The second-order valence-electron chi connectivity index (χ2n) is 4.36. The normalized spacial score (nSPS) is 10.0. The van der Waals surface area contributed by atoms with Gasteiger partial charge in [-0.05, 0) is 11.6 Å². The van der Waals surface area contributed by atoms with Crippen LogP contribution >= 0.6 is 0 Å². The lowest BCUT2D eigenvalue weighted by Crippen LogP contribution is -2.32. The summed E-state index contributed by atoms with van der Waals surface area (Å²) in [6.07, 6.45) is 0. The number of esters is 1. The number of benzene rings is 2. The molecule has 0 saturated heterocycles. The zero-order valence-electron chi connectivity index (χ0n) is 11.5. The van der Waals surface area contributed by atoms with Gasteiger partial charge < -0.3 is 19.5 Å². The maximum atomic E-state index is 11.8. The predicted octanol–water partition coefficient (Wildman–Crippen LogP) is 0.732. The molecule has 2 N–H and O–H groups in total. The quantitative estimate of drug-likeness (QED) is 0.626. The zero-order chi connectivity index (χ0) is 15.2. The van der Waals surface area contributed by atoms with Crippen LogP contribution in [0.2, 0.25) is 0 Å². The van der Waals surface area contributed by atoms with Crippen molar-refractivity contribution in [3.05, 3.63) is 59.7 Å². The van der Waals surface area contributed by atoms with E-state index in [-0.39, 0.29) is 23.4 Å². The lowest BCUT2D eigenvalue weighted by molar-refractivity contribution is 0.0596. The second kappa shape index (κ2) is 6.92. The molecule has 0 heterocycles. The summed E-state index contributed by atoms with van der Waals surface area (Å²) in [5.41, 5.74) is 1.17. The van der Waals surface area contributed by atoms with Crippen LogP contribution in [0.5, 0.6) is 5.75 Å². The second-order valence-corrected chi connectivity index (χ2v) is 4.36. The third-order valence-corrected chi connectivity index (χ3v) is 2.95. The highest BCUT2D eigenvalue weighted by Crippen LogP contribution is 2.19. The average Bonchev–Trinajstić information content (AvgIpc) is 2.52. The molecule has 0 amide bonds. The summed E-state index contributed by atoms with van der Waals surface area (Å²) in [5, 5.41) is 18.8. The first-order valence-corrected chi connectivity index (χ1v) is 6.37. The monoisotopic (exact) mass is 286 g/mol. The van der Waals surface area contributed by atoms with E-state index in [1.807, 2.05) is 30.3 Å². The predicted molar refractivity (Wildman–Crippen MR) is 78.4 cm³/mol. The number of rotatable bonds is 5. The molecule has 2 rings (SSSR count). The van der Waals surface area contributed by atoms with Crippen LogP contribution in [-0.4, -0.2) is 30.2 Å². The lowest BCUT2D eigenvalue weighted by atomic mass is 9.78. The fraction of sp³-hybridized carbons (Fsp3) is 0.133. The summed E-state index contributed by atoms with van der Waals surface area (Å²) in [6.45, 7) is 0.203. The highest BCUT2D eigenvalue weighted by molar-refractivity contribution is 6.60. The van der Waals surface area contributed by atoms with Gasteiger partial charge in [0.05, 0.1) is 7.11 Å². The number of methoxy groups -OCH3 is 1. The highest BCUT2D eigenvalue weighted by Gasteiger charge is 2.23. The molecule has 5 nitrogen and oxygen atoms in total. The molecule has 0 radical (unpaired) electrons. The van der Waals surface area contributed by atoms with Gasteiger partial charge in [-0.1, -0.05) is 42.5 Å². The number of carbonyl (C=O) groups is 1. The first-order chi connectivity index (χ1) is 10.1.